The fraction of sp³-hybridized carbons (Fsp3) is 0.250. The molecule has 0 saturated heterocycles. The van der Waals surface area contributed by atoms with Gasteiger partial charge in [-0.3, -0.25) is 14.9 Å². The summed E-state index contributed by atoms with van der Waals surface area (Å²) in [5.74, 6) is -0.171. The number of aryl methyl sites for hydroxylation is 1. The molecule has 2 rings (SSSR count). The number of amides is 1. The summed E-state index contributed by atoms with van der Waals surface area (Å²) in [4.78, 5) is 15.8. The van der Waals surface area contributed by atoms with Crippen molar-refractivity contribution in [3.63, 3.8) is 0 Å². The predicted molar refractivity (Wildman–Crippen MR) is 63.5 cm³/mol. The normalized spacial score (nSPS) is 10.2. The van der Waals surface area contributed by atoms with Gasteiger partial charge in [-0.25, -0.2) is 0 Å². The molecule has 2 aromatic rings. The van der Waals surface area contributed by atoms with Gasteiger partial charge in [-0.15, -0.1) is 0 Å². The highest BCUT2D eigenvalue weighted by atomic mass is 16.1. The molecule has 0 spiro atoms. The molecule has 0 saturated carbocycles. The molecular formula is C12H14N4O. The molecule has 88 valence electrons. The van der Waals surface area contributed by atoms with E-state index in [0.717, 1.165) is 16.8 Å². The molecule has 0 radical (unpaired) electrons. The number of nitrogens with zero attached hydrogens (tertiary/aromatic N) is 2. The number of aromatic nitrogens is 3. The minimum absolute atomic E-state index is 0.171. The van der Waals surface area contributed by atoms with Crippen LogP contribution < -0.4 is 5.32 Å². The molecule has 1 amide bonds. The second-order valence-corrected chi connectivity index (χ2v) is 3.87. The summed E-state index contributed by atoms with van der Waals surface area (Å²) in [6, 6.07) is 3.75. The molecule has 2 heterocycles. The van der Waals surface area contributed by atoms with Crippen LogP contribution in [0.25, 0.3) is 0 Å². The van der Waals surface area contributed by atoms with Crippen molar-refractivity contribution in [2.24, 2.45) is 0 Å². The van der Waals surface area contributed by atoms with Gasteiger partial charge < -0.3 is 5.32 Å². The van der Waals surface area contributed by atoms with E-state index in [9.17, 15) is 4.79 Å². The Labute approximate surface area is 99.3 Å². The van der Waals surface area contributed by atoms with Gasteiger partial charge >= 0.3 is 0 Å². The maximum atomic E-state index is 11.8. The van der Waals surface area contributed by atoms with Crippen molar-refractivity contribution < 1.29 is 4.79 Å². The second kappa shape index (κ2) is 4.78. The first kappa shape index (κ1) is 11.3. The summed E-state index contributed by atoms with van der Waals surface area (Å²) in [5, 5.41) is 9.58. The van der Waals surface area contributed by atoms with Gasteiger partial charge in [0, 0.05) is 30.2 Å². The van der Waals surface area contributed by atoms with E-state index >= 15 is 0 Å². The molecule has 0 fully saturated rings. The monoisotopic (exact) mass is 230 g/mol. The Kier molecular flexibility index (Phi) is 3.18. The van der Waals surface area contributed by atoms with Gasteiger partial charge in [0.15, 0.2) is 5.69 Å². The van der Waals surface area contributed by atoms with E-state index in [-0.39, 0.29) is 5.91 Å². The number of hydrogen-bond donors (Lipinski definition) is 2. The van der Waals surface area contributed by atoms with Gasteiger partial charge in [0.05, 0.1) is 0 Å². The molecule has 5 nitrogen and oxygen atoms in total. The van der Waals surface area contributed by atoms with Gasteiger partial charge in [-0.05, 0) is 25.5 Å². The molecule has 5 heteroatoms. The topological polar surface area (TPSA) is 70.7 Å². The van der Waals surface area contributed by atoms with Crippen molar-refractivity contribution in [1.82, 2.24) is 20.5 Å². The van der Waals surface area contributed by atoms with Crippen LogP contribution in [0.15, 0.2) is 24.5 Å². The highest BCUT2D eigenvalue weighted by Gasteiger charge is 2.13. The van der Waals surface area contributed by atoms with E-state index in [1.807, 2.05) is 26.0 Å². The zero-order chi connectivity index (χ0) is 12.3. The molecular weight excluding hydrogens is 216 g/mol. The number of pyridine rings is 1. The predicted octanol–water partition coefficient (Wildman–Crippen LogP) is 1.35. The van der Waals surface area contributed by atoms with Crippen LogP contribution in [0.5, 0.6) is 0 Å². The largest absolute Gasteiger partial charge is 0.346 e. The maximum absolute atomic E-state index is 11.8. The molecule has 0 bridgehead atoms. The lowest BCUT2D eigenvalue weighted by atomic mass is 10.2. The number of aromatic amines is 1. The number of carbonyl (C=O) groups excluding carboxylic acids is 1. The van der Waals surface area contributed by atoms with Crippen LogP contribution in [0.4, 0.5) is 0 Å². The smallest absolute Gasteiger partial charge is 0.272 e. The van der Waals surface area contributed by atoms with Crippen molar-refractivity contribution in [1.29, 1.82) is 0 Å². The summed E-state index contributed by atoms with van der Waals surface area (Å²) < 4.78 is 0. The van der Waals surface area contributed by atoms with E-state index in [0.29, 0.717) is 12.2 Å². The van der Waals surface area contributed by atoms with E-state index in [4.69, 9.17) is 0 Å². The SMILES string of the molecule is Cc1[nH]nc(C(=O)NCc2cccnc2)c1C. The van der Waals surface area contributed by atoms with Crippen molar-refractivity contribution in [3.8, 4) is 0 Å². The average Bonchev–Trinajstić information content (AvgIpc) is 2.69. The van der Waals surface area contributed by atoms with Crippen LogP contribution in [0.2, 0.25) is 0 Å². The van der Waals surface area contributed by atoms with E-state index < -0.39 is 0 Å². The standard InChI is InChI=1S/C12H14N4O/c1-8-9(2)15-16-11(8)12(17)14-7-10-4-3-5-13-6-10/h3-6H,7H2,1-2H3,(H,14,17)(H,15,16). The Morgan fingerprint density at radius 3 is 2.88 bits per heavy atom. The molecule has 2 N–H and O–H groups in total. The molecule has 0 aromatic carbocycles. The maximum Gasteiger partial charge on any atom is 0.272 e. The summed E-state index contributed by atoms with van der Waals surface area (Å²) in [6.07, 6.45) is 3.43. The van der Waals surface area contributed by atoms with Crippen LogP contribution in [0.3, 0.4) is 0 Å². The first-order valence-electron chi connectivity index (χ1n) is 5.37. The second-order valence-electron chi connectivity index (χ2n) is 3.87. The lowest BCUT2D eigenvalue weighted by molar-refractivity contribution is 0.0945. The third-order valence-electron chi connectivity index (χ3n) is 2.64. The summed E-state index contributed by atoms with van der Waals surface area (Å²) in [5.41, 5.74) is 3.21. The van der Waals surface area contributed by atoms with Crippen molar-refractivity contribution in [2.75, 3.05) is 0 Å². The number of H-pyrrole nitrogens is 1. The van der Waals surface area contributed by atoms with E-state index in [1.54, 1.807) is 12.4 Å². The Morgan fingerprint density at radius 2 is 2.29 bits per heavy atom. The quantitative estimate of drug-likeness (QED) is 0.836. The van der Waals surface area contributed by atoms with E-state index in [1.165, 1.54) is 0 Å². The highest BCUT2D eigenvalue weighted by Crippen LogP contribution is 2.08. The average molecular weight is 230 g/mol. The van der Waals surface area contributed by atoms with Crippen LogP contribution in [-0.4, -0.2) is 21.1 Å². The molecule has 0 unspecified atom stereocenters. The van der Waals surface area contributed by atoms with Gasteiger partial charge in [0.25, 0.3) is 5.91 Å². The first-order valence-corrected chi connectivity index (χ1v) is 5.37. The third-order valence-corrected chi connectivity index (χ3v) is 2.64. The molecule has 0 atom stereocenters. The third kappa shape index (κ3) is 2.50. The van der Waals surface area contributed by atoms with Crippen LogP contribution >= 0.6 is 0 Å². The minimum Gasteiger partial charge on any atom is -0.346 e. The lowest BCUT2D eigenvalue weighted by Gasteiger charge is -2.03. The summed E-state index contributed by atoms with van der Waals surface area (Å²) in [7, 11) is 0. The lowest BCUT2D eigenvalue weighted by Crippen LogP contribution is -2.24. The fourth-order valence-corrected chi connectivity index (χ4v) is 1.47. The summed E-state index contributed by atoms with van der Waals surface area (Å²) >= 11 is 0. The molecule has 0 aliphatic heterocycles. The van der Waals surface area contributed by atoms with Gasteiger partial charge in [0.2, 0.25) is 0 Å². The fourth-order valence-electron chi connectivity index (χ4n) is 1.47. The van der Waals surface area contributed by atoms with Crippen molar-refractivity contribution >= 4 is 5.91 Å². The Morgan fingerprint density at radius 1 is 1.47 bits per heavy atom. The number of rotatable bonds is 3. The Hall–Kier alpha value is -2.17. The van der Waals surface area contributed by atoms with Crippen LogP contribution in [-0.2, 0) is 6.54 Å². The van der Waals surface area contributed by atoms with Gasteiger partial charge in [-0.2, -0.15) is 5.10 Å². The van der Waals surface area contributed by atoms with Crippen LogP contribution in [0, 0.1) is 13.8 Å². The van der Waals surface area contributed by atoms with Crippen molar-refractivity contribution in [3.05, 3.63) is 47.0 Å². The van der Waals surface area contributed by atoms with Gasteiger partial charge in [0.1, 0.15) is 0 Å². The number of carbonyl (C=O) groups is 1. The zero-order valence-electron chi connectivity index (χ0n) is 9.82. The number of nitrogens with one attached hydrogen (secondary N) is 2. The molecule has 2 aromatic heterocycles. The molecule has 0 aliphatic carbocycles. The first-order chi connectivity index (χ1) is 8.18. The number of hydrogen-bond acceptors (Lipinski definition) is 3. The van der Waals surface area contributed by atoms with Crippen molar-refractivity contribution in [2.45, 2.75) is 20.4 Å². The minimum atomic E-state index is -0.171. The molecule has 17 heavy (non-hydrogen) atoms. The van der Waals surface area contributed by atoms with Crippen LogP contribution in [0.1, 0.15) is 27.3 Å². The van der Waals surface area contributed by atoms with Gasteiger partial charge in [-0.1, -0.05) is 6.07 Å². The Bertz CT molecular complexity index is 519. The zero-order valence-corrected chi connectivity index (χ0v) is 9.82. The summed E-state index contributed by atoms with van der Waals surface area (Å²) in [6.45, 7) is 4.22. The Balaban J connectivity index is 2.01. The molecule has 0 aliphatic rings. The van der Waals surface area contributed by atoms with E-state index in [2.05, 4.69) is 20.5 Å². The highest BCUT2D eigenvalue weighted by molar-refractivity contribution is 5.93.